The van der Waals surface area contributed by atoms with Crippen molar-refractivity contribution in [3.8, 4) is 0 Å². The van der Waals surface area contributed by atoms with Gasteiger partial charge in [0.15, 0.2) is 0 Å². The van der Waals surface area contributed by atoms with E-state index in [-0.39, 0.29) is 6.04 Å². The number of benzene rings is 4. The lowest BCUT2D eigenvalue weighted by Gasteiger charge is -2.36. The molecule has 4 rings (SSSR count). The van der Waals surface area contributed by atoms with Gasteiger partial charge in [-0.1, -0.05) is 97.1 Å². The van der Waals surface area contributed by atoms with Crippen LogP contribution in [0.2, 0.25) is 0 Å². The summed E-state index contributed by atoms with van der Waals surface area (Å²) in [5.41, 5.74) is 0.952. The van der Waals surface area contributed by atoms with E-state index < -0.39 is 14.2 Å². The second-order valence-corrected chi connectivity index (χ2v) is 9.64. The summed E-state index contributed by atoms with van der Waals surface area (Å²) in [7, 11) is 1.36. The summed E-state index contributed by atoms with van der Waals surface area (Å²) in [6, 6.07) is 35.7. The number of rotatable bonds is 6. The van der Waals surface area contributed by atoms with Crippen molar-refractivity contribution in [2.24, 2.45) is 0 Å². The molecule has 4 aromatic rings. The fourth-order valence-corrected chi connectivity index (χ4v) is 6.16. The van der Waals surface area contributed by atoms with Crippen LogP contribution in [0.15, 0.2) is 103 Å². The van der Waals surface area contributed by atoms with Crippen LogP contribution in [-0.2, 0) is 0 Å². The predicted octanol–water partition coefficient (Wildman–Crippen LogP) is 5.24. The van der Waals surface area contributed by atoms with E-state index in [1.807, 2.05) is 30.3 Å². The minimum Gasteiger partial charge on any atom is -0.387 e. The molecule has 3 heteroatoms. The van der Waals surface area contributed by atoms with Gasteiger partial charge in [-0.05, 0) is 47.0 Å². The summed E-state index contributed by atoms with van der Waals surface area (Å²) in [6.07, 6.45) is -0.546. The second kappa shape index (κ2) is 8.88. The standard InChI is InChI=1S/C26H26NOP/c1-20(26(28)22-12-5-3-6-13-22)27(2)29(24-15-7-4-8-16-24)25-18-17-21-11-9-10-14-23(21)19-25/h3-20,26,28H,1-2H3/t20-,26?,29-/m0/s1. The predicted molar refractivity (Wildman–Crippen MR) is 125 cm³/mol. The maximum atomic E-state index is 11.0. The minimum absolute atomic E-state index is 0.0322. The number of aliphatic hydroxyl groups excluding tert-OH is 1. The Labute approximate surface area is 174 Å². The van der Waals surface area contributed by atoms with E-state index in [9.17, 15) is 5.11 Å². The molecular formula is C26H26NOP. The van der Waals surface area contributed by atoms with E-state index in [1.165, 1.54) is 21.4 Å². The van der Waals surface area contributed by atoms with E-state index in [2.05, 4.69) is 91.4 Å². The molecule has 0 saturated carbocycles. The number of hydrogen-bond donors (Lipinski definition) is 1. The maximum Gasteiger partial charge on any atom is 0.0945 e. The first-order chi connectivity index (χ1) is 14.1. The van der Waals surface area contributed by atoms with Crippen molar-refractivity contribution >= 4 is 29.5 Å². The van der Waals surface area contributed by atoms with Crippen molar-refractivity contribution in [2.75, 3.05) is 7.05 Å². The van der Waals surface area contributed by atoms with Crippen LogP contribution in [0.5, 0.6) is 0 Å². The lowest BCUT2D eigenvalue weighted by molar-refractivity contribution is 0.111. The van der Waals surface area contributed by atoms with Gasteiger partial charge in [-0.3, -0.25) is 4.67 Å². The summed E-state index contributed by atoms with van der Waals surface area (Å²) in [5.74, 6) is 0. The van der Waals surface area contributed by atoms with E-state index in [0.717, 1.165) is 5.56 Å². The van der Waals surface area contributed by atoms with Crippen molar-refractivity contribution in [1.29, 1.82) is 0 Å². The Kier molecular flexibility index (Phi) is 6.06. The molecule has 0 aromatic heterocycles. The molecule has 0 heterocycles. The van der Waals surface area contributed by atoms with Crippen molar-refractivity contribution in [1.82, 2.24) is 4.67 Å². The van der Waals surface area contributed by atoms with Gasteiger partial charge in [0.1, 0.15) is 0 Å². The third-order valence-corrected chi connectivity index (χ3v) is 8.03. The molecule has 3 atom stereocenters. The van der Waals surface area contributed by atoms with Gasteiger partial charge in [0.2, 0.25) is 0 Å². The first-order valence-corrected chi connectivity index (χ1v) is 11.2. The van der Waals surface area contributed by atoms with Crippen molar-refractivity contribution in [2.45, 2.75) is 19.1 Å². The average molecular weight is 399 g/mol. The molecule has 0 saturated heterocycles. The van der Waals surface area contributed by atoms with Gasteiger partial charge < -0.3 is 5.11 Å². The molecule has 0 aliphatic carbocycles. The Morgan fingerprint density at radius 2 is 1.28 bits per heavy atom. The van der Waals surface area contributed by atoms with Crippen LogP contribution in [0.3, 0.4) is 0 Å². The largest absolute Gasteiger partial charge is 0.387 e. The third kappa shape index (κ3) is 4.26. The molecule has 0 aliphatic heterocycles. The summed E-state index contributed by atoms with van der Waals surface area (Å²) >= 11 is 0. The van der Waals surface area contributed by atoms with E-state index >= 15 is 0 Å². The first kappa shape index (κ1) is 19.8. The van der Waals surface area contributed by atoms with Gasteiger partial charge in [0, 0.05) is 14.1 Å². The fourth-order valence-electron chi connectivity index (χ4n) is 3.71. The Morgan fingerprint density at radius 3 is 1.97 bits per heavy atom. The fraction of sp³-hybridized carbons (Fsp3) is 0.154. The highest BCUT2D eigenvalue weighted by Gasteiger charge is 2.28. The molecule has 0 bridgehead atoms. The van der Waals surface area contributed by atoms with Gasteiger partial charge >= 0.3 is 0 Å². The van der Waals surface area contributed by atoms with Gasteiger partial charge in [-0.2, -0.15) is 0 Å². The van der Waals surface area contributed by atoms with Gasteiger partial charge in [0.05, 0.1) is 6.10 Å². The highest BCUT2D eigenvalue weighted by molar-refractivity contribution is 7.70. The van der Waals surface area contributed by atoms with E-state index in [0.29, 0.717) is 0 Å². The van der Waals surface area contributed by atoms with E-state index in [1.54, 1.807) is 0 Å². The first-order valence-electron chi connectivity index (χ1n) is 9.95. The van der Waals surface area contributed by atoms with Crippen molar-refractivity contribution in [3.63, 3.8) is 0 Å². The van der Waals surface area contributed by atoms with Gasteiger partial charge in [-0.15, -0.1) is 0 Å². The lowest BCUT2D eigenvalue weighted by atomic mass is 10.0. The number of likely N-dealkylation sites (N-methyl/N-ethyl adjacent to an activating group) is 1. The molecule has 1 N–H and O–H groups in total. The summed E-state index contributed by atoms with van der Waals surface area (Å²) < 4.78 is 2.34. The molecule has 0 radical (unpaired) electrons. The normalized spacial score (nSPS) is 14.6. The Balaban J connectivity index is 1.74. The topological polar surface area (TPSA) is 23.5 Å². The van der Waals surface area contributed by atoms with Gasteiger partial charge in [0.25, 0.3) is 0 Å². The number of hydrogen-bond acceptors (Lipinski definition) is 2. The molecule has 0 aliphatic rings. The SMILES string of the molecule is C[C@@H](C(O)c1ccccc1)N(C)[P@@](c1ccccc1)c1ccc2ccccc2c1. The Morgan fingerprint density at radius 1 is 0.690 bits per heavy atom. The average Bonchev–Trinajstić information content (AvgIpc) is 2.79. The molecular weight excluding hydrogens is 373 g/mol. The highest BCUT2D eigenvalue weighted by Crippen LogP contribution is 2.41. The zero-order chi connectivity index (χ0) is 20.2. The summed E-state index contributed by atoms with van der Waals surface area (Å²) in [6.45, 7) is 2.11. The zero-order valence-corrected chi connectivity index (χ0v) is 17.7. The van der Waals surface area contributed by atoms with Crippen LogP contribution in [0.4, 0.5) is 0 Å². The van der Waals surface area contributed by atoms with Crippen molar-refractivity contribution in [3.05, 3.63) is 109 Å². The van der Waals surface area contributed by atoms with Crippen LogP contribution in [0.25, 0.3) is 10.8 Å². The smallest absolute Gasteiger partial charge is 0.0945 e. The Bertz CT molecular complexity index is 1070. The molecule has 146 valence electrons. The van der Waals surface area contributed by atoms with Crippen LogP contribution in [0, 0.1) is 0 Å². The molecule has 4 aromatic carbocycles. The van der Waals surface area contributed by atoms with Crippen LogP contribution < -0.4 is 10.6 Å². The van der Waals surface area contributed by atoms with E-state index in [4.69, 9.17) is 0 Å². The van der Waals surface area contributed by atoms with Crippen LogP contribution in [0.1, 0.15) is 18.6 Å². The monoisotopic (exact) mass is 399 g/mol. The zero-order valence-electron chi connectivity index (χ0n) is 16.8. The lowest BCUT2D eigenvalue weighted by Crippen LogP contribution is -2.36. The summed E-state index contributed by atoms with van der Waals surface area (Å²) in [4.78, 5) is 0. The second-order valence-electron chi connectivity index (χ2n) is 7.35. The number of aliphatic hydroxyl groups is 1. The molecule has 0 fully saturated rings. The minimum atomic E-state index is -0.774. The van der Waals surface area contributed by atoms with Crippen LogP contribution in [-0.4, -0.2) is 22.9 Å². The maximum absolute atomic E-state index is 11.0. The molecule has 0 spiro atoms. The summed E-state index contributed by atoms with van der Waals surface area (Å²) in [5, 5.41) is 16.1. The van der Waals surface area contributed by atoms with Crippen molar-refractivity contribution < 1.29 is 5.11 Å². The Hall–Kier alpha value is -2.51. The molecule has 2 nitrogen and oxygen atoms in total. The quantitative estimate of drug-likeness (QED) is 0.448. The molecule has 1 unspecified atom stereocenters. The molecule has 29 heavy (non-hydrogen) atoms. The van der Waals surface area contributed by atoms with Gasteiger partial charge in [-0.25, -0.2) is 0 Å². The highest BCUT2D eigenvalue weighted by atomic mass is 31.1. The third-order valence-electron chi connectivity index (χ3n) is 5.48. The van der Waals surface area contributed by atoms with Crippen LogP contribution >= 0.6 is 8.07 Å². The molecule has 0 amide bonds. The number of nitrogens with zero attached hydrogens (tertiary/aromatic N) is 1. The number of fused-ring (bicyclic) bond motifs is 1.